The van der Waals surface area contributed by atoms with Crippen LogP contribution in [0.15, 0.2) is 23.8 Å². The Morgan fingerprint density at radius 2 is 1.30 bits per heavy atom. The highest BCUT2D eigenvalue weighted by Gasteiger charge is 2.23. The second kappa shape index (κ2) is 25.5. The molecule has 0 aromatic carbocycles. The van der Waals surface area contributed by atoms with Crippen LogP contribution in [0.4, 0.5) is 0 Å². The monoisotopic (exact) mass is 382 g/mol. The maximum absolute atomic E-state index is 2.61. The molecule has 0 aromatic rings. The number of hydrogen-bond acceptors (Lipinski definition) is 0. The van der Waals surface area contributed by atoms with Crippen LogP contribution in [0.5, 0.6) is 0 Å². The Hall–Kier alpha value is -0.520. The summed E-state index contributed by atoms with van der Waals surface area (Å²) in [5.41, 5.74) is 2.16. The standard InChI is InChI=1S/C17H32.C4H8.3C2H6/c1-6-15(13-17(5,7-2)8-3)12-16-10-9-14(4)11-16;1-3-4-2;3*1-2/h13-14,16H,6-12H2,1-5H3;3-4H,1-2H3;3*1-2H3/b15-13+;4-3+;;;. The summed E-state index contributed by atoms with van der Waals surface area (Å²) in [7, 11) is 0. The highest BCUT2D eigenvalue weighted by Crippen LogP contribution is 2.37. The van der Waals surface area contributed by atoms with E-state index < -0.39 is 0 Å². The zero-order valence-corrected chi connectivity index (χ0v) is 21.8. The van der Waals surface area contributed by atoms with Crippen molar-refractivity contribution in [2.24, 2.45) is 17.3 Å². The van der Waals surface area contributed by atoms with E-state index in [0.29, 0.717) is 5.41 Å². The summed E-state index contributed by atoms with van der Waals surface area (Å²) >= 11 is 0. The molecule has 0 saturated heterocycles. The van der Waals surface area contributed by atoms with Crippen molar-refractivity contribution in [3.05, 3.63) is 23.8 Å². The lowest BCUT2D eigenvalue weighted by Crippen LogP contribution is -2.11. The first-order valence-corrected chi connectivity index (χ1v) is 12.2. The van der Waals surface area contributed by atoms with E-state index in [2.05, 4.69) is 40.7 Å². The fourth-order valence-electron chi connectivity index (χ4n) is 3.13. The Morgan fingerprint density at radius 1 is 0.852 bits per heavy atom. The minimum Gasteiger partial charge on any atom is -0.0919 e. The van der Waals surface area contributed by atoms with Crippen molar-refractivity contribution >= 4 is 0 Å². The molecule has 2 atom stereocenters. The normalized spacial score (nSPS) is 18.8. The van der Waals surface area contributed by atoms with Gasteiger partial charge in [0.2, 0.25) is 0 Å². The molecule has 0 heterocycles. The molecule has 0 spiro atoms. The molecule has 1 aliphatic carbocycles. The van der Waals surface area contributed by atoms with Gasteiger partial charge in [0.1, 0.15) is 0 Å². The topological polar surface area (TPSA) is 0 Å². The van der Waals surface area contributed by atoms with Crippen LogP contribution in [-0.2, 0) is 0 Å². The lowest BCUT2D eigenvalue weighted by Gasteiger charge is -2.25. The first kappa shape index (κ1) is 34.0. The Balaban J connectivity index is -0.000000224. The van der Waals surface area contributed by atoms with E-state index in [4.69, 9.17) is 0 Å². The summed E-state index contributed by atoms with van der Waals surface area (Å²) in [6.45, 7) is 27.8. The summed E-state index contributed by atoms with van der Waals surface area (Å²) in [6, 6.07) is 0. The second-order valence-corrected chi connectivity index (χ2v) is 7.17. The van der Waals surface area contributed by atoms with Crippen LogP contribution in [0, 0.1) is 17.3 Å². The van der Waals surface area contributed by atoms with Gasteiger partial charge in [-0.25, -0.2) is 0 Å². The van der Waals surface area contributed by atoms with Crippen molar-refractivity contribution in [1.29, 1.82) is 0 Å². The molecule has 0 nitrogen and oxygen atoms in total. The maximum Gasteiger partial charge on any atom is -0.0149 e. The fourth-order valence-corrected chi connectivity index (χ4v) is 3.13. The van der Waals surface area contributed by atoms with Crippen molar-refractivity contribution in [2.75, 3.05) is 0 Å². The van der Waals surface area contributed by atoms with Gasteiger partial charge in [-0.2, -0.15) is 0 Å². The third-order valence-electron chi connectivity index (χ3n) is 5.31. The second-order valence-electron chi connectivity index (χ2n) is 7.17. The first-order chi connectivity index (χ1) is 12.9. The molecule has 1 rings (SSSR count). The van der Waals surface area contributed by atoms with E-state index in [1.165, 1.54) is 44.9 Å². The van der Waals surface area contributed by atoms with E-state index in [9.17, 15) is 0 Å². The molecule has 27 heavy (non-hydrogen) atoms. The molecular formula is C27H58. The van der Waals surface area contributed by atoms with Crippen molar-refractivity contribution < 1.29 is 0 Å². The van der Waals surface area contributed by atoms with Crippen LogP contribution in [0.3, 0.4) is 0 Å². The number of hydrogen-bond donors (Lipinski definition) is 0. The van der Waals surface area contributed by atoms with Gasteiger partial charge in [-0.1, -0.05) is 106 Å². The minimum atomic E-state index is 0.440. The molecule has 0 radical (unpaired) electrons. The van der Waals surface area contributed by atoms with E-state index in [1.807, 2.05) is 67.5 Å². The number of rotatable bonds is 6. The van der Waals surface area contributed by atoms with E-state index in [-0.39, 0.29) is 0 Å². The summed E-state index contributed by atoms with van der Waals surface area (Å²) < 4.78 is 0. The van der Waals surface area contributed by atoms with Gasteiger partial charge in [-0.3, -0.25) is 0 Å². The predicted octanol–water partition coefficient (Wildman–Crippen LogP) is 10.6. The third kappa shape index (κ3) is 20.0. The van der Waals surface area contributed by atoms with Crippen LogP contribution in [0.25, 0.3) is 0 Å². The average Bonchev–Trinajstić information content (AvgIpc) is 3.16. The predicted molar refractivity (Wildman–Crippen MR) is 133 cm³/mol. The van der Waals surface area contributed by atoms with E-state index >= 15 is 0 Å². The molecule has 0 aliphatic heterocycles. The number of allylic oxidation sites excluding steroid dienone is 4. The molecule has 0 amide bonds. The molecule has 0 heteroatoms. The SMILES string of the molecule is C/C=C/C.CC.CC.CC.CC/C(=C\C(C)(CC)CC)CC1CCC(C)C1. The molecule has 1 saturated carbocycles. The Bertz CT molecular complexity index is 300. The largest absolute Gasteiger partial charge is 0.0919 e. The first-order valence-electron chi connectivity index (χ1n) is 12.2. The average molecular weight is 383 g/mol. The van der Waals surface area contributed by atoms with Crippen LogP contribution >= 0.6 is 0 Å². The molecule has 1 aliphatic rings. The van der Waals surface area contributed by atoms with E-state index in [0.717, 1.165) is 11.8 Å². The molecule has 0 bridgehead atoms. The highest BCUT2D eigenvalue weighted by atomic mass is 14.3. The molecule has 0 aromatic heterocycles. The third-order valence-corrected chi connectivity index (χ3v) is 5.31. The summed E-state index contributed by atoms with van der Waals surface area (Å²) in [5.74, 6) is 1.95. The quantitative estimate of drug-likeness (QED) is 0.400. The van der Waals surface area contributed by atoms with Gasteiger partial charge in [0, 0.05) is 0 Å². The van der Waals surface area contributed by atoms with Gasteiger partial charge >= 0.3 is 0 Å². The van der Waals surface area contributed by atoms with Gasteiger partial charge in [-0.05, 0) is 69.6 Å². The fraction of sp³-hybridized carbons (Fsp3) is 0.852. The molecule has 2 unspecified atom stereocenters. The minimum absolute atomic E-state index is 0.440. The van der Waals surface area contributed by atoms with Crippen molar-refractivity contribution in [3.8, 4) is 0 Å². The van der Waals surface area contributed by atoms with E-state index in [1.54, 1.807) is 5.57 Å². The lowest BCUT2D eigenvalue weighted by atomic mass is 9.81. The van der Waals surface area contributed by atoms with Crippen LogP contribution in [0.2, 0.25) is 0 Å². The van der Waals surface area contributed by atoms with Crippen LogP contribution in [-0.4, -0.2) is 0 Å². The van der Waals surface area contributed by atoms with Crippen LogP contribution < -0.4 is 0 Å². The van der Waals surface area contributed by atoms with Crippen molar-refractivity contribution in [3.63, 3.8) is 0 Å². The summed E-state index contributed by atoms with van der Waals surface area (Å²) in [4.78, 5) is 0. The smallest absolute Gasteiger partial charge is 0.0149 e. The maximum atomic E-state index is 2.61. The molecule has 1 fully saturated rings. The summed E-state index contributed by atoms with van der Waals surface area (Å²) in [5, 5.41) is 0. The Labute approximate surface area is 176 Å². The molecule has 0 N–H and O–H groups in total. The molecular weight excluding hydrogens is 324 g/mol. The highest BCUT2D eigenvalue weighted by molar-refractivity contribution is 5.09. The summed E-state index contributed by atoms with van der Waals surface area (Å²) in [6.07, 6.45) is 16.2. The van der Waals surface area contributed by atoms with Crippen molar-refractivity contribution in [1.82, 2.24) is 0 Å². The molecule has 166 valence electrons. The lowest BCUT2D eigenvalue weighted by molar-refractivity contribution is 0.388. The van der Waals surface area contributed by atoms with Gasteiger partial charge in [0.15, 0.2) is 0 Å². The van der Waals surface area contributed by atoms with Crippen LogP contribution in [0.1, 0.15) is 135 Å². The Morgan fingerprint density at radius 3 is 1.56 bits per heavy atom. The zero-order chi connectivity index (χ0) is 22.3. The van der Waals surface area contributed by atoms with Gasteiger partial charge in [-0.15, -0.1) is 0 Å². The van der Waals surface area contributed by atoms with Gasteiger partial charge < -0.3 is 0 Å². The Kier molecular flexibility index (Phi) is 32.1. The zero-order valence-electron chi connectivity index (χ0n) is 21.8. The van der Waals surface area contributed by atoms with Crippen molar-refractivity contribution in [2.45, 2.75) is 135 Å². The van der Waals surface area contributed by atoms with Gasteiger partial charge in [0.05, 0.1) is 0 Å². The van der Waals surface area contributed by atoms with Gasteiger partial charge in [0.25, 0.3) is 0 Å².